The van der Waals surface area contributed by atoms with E-state index in [-0.39, 0.29) is 12.1 Å². The number of fused-ring (bicyclic) bond motifs is 1. The molecule has 0 bridgehead atoms. The van der Waals surface area contributed by atoms with Crippen LogP contribution in [-0.4, -0.2) is 75.9 Å². The fourth-order valence-electron chi connectivity index (χ4n) is 4.05. The van der Waals surface area contributed by atoms with Crippen molar-refractivity contribution in [3.8, 4) is 5.82 Å². The normalized spacial score (nSPS) is 16.9. The molecule has 0 spiro atoms. The Bertz CT molecular complexity index is 1170. The molecule has 1 aliphatic heterocycles. The van der Waals surface area contributed by atoms with Crippen LogP contribution in [0.1, 0.15) is 27.7 Å². The summed E-state index contributed by atoms with van der Waals surface area (Å²) >= 11 is 6.22. The van der Waals surface area contributed by atoms with Crippen LogP contribution in [0.15, 0.2) is 30.9 Å². The van der Waals surface area contributed by atoms with Crippen molar-refractivity contribution in [2.75, 3.05) is 43.5 Å². The largest absolute Gasteiger partial charge is 0.444 e. The van der Waals surface area contributed by atoms with Crippen LogP contribution in [0.5, 0.6) is 0 Å². The maximum absolute atomic E-state index is 12.6. The molecule has 0 aromatic carbocycles. The summed E-state index contributed by atoms with van der Waals surface area (Å²) in [6.07, 6.45) is 4.97. The second kappa shape index (κ2) is 8.70. The van der Waals surface area contributed by atoms with Crippen LogP contribution in [0.4, 0.5) is 16.3 Å². The van der Waals surface area contributed by atoms with E-state index in [0.717, 1.165) is 22.5 Å². The Balaban J connectivity index is 1.70. The molecule has 0 N–H and O–H groups in total. The summed E-state index contributed by atoms with van der Waals surface area (Å²) in [6.45, 7) is 9.50. The Morgan fingerprint density at radius 2 is 1.97 bits per heavy atom. The smallest absolute Gasteiger partial charge is 0.410 e. The number of pyridine rings is 1. The number of rotatable bonds is 3. The number of hydrogen-bond acceptors (Lipinski definition) is 7. The number of anilines is 2. The van der Waals surface area contributed by atoms with E-state index in [0.29, 0.717) is 30.5 Å². The monoisotopic (exact) mass is 471 g/mol. The minimum atomic E-state index is -0.523. The second-order valence-corrected chi connectivity index (χ2v) is 9.91. The summed E-state index contributed by atoms with van der Waals surface area (Å²) in [6, 6.07) is 3.53. The fraction of sp³-hybridized carbons (Fsp3) is 0.478. The van der Waals surface area contributed by atoms with Crippen molar-refractivity contribution in [2.24, 2.45) is 0 Å². The predicted octanol–water partition coefficient (Wildman–Crippen LogP) is 3.98. The molecule has 4 rings (SSSR count). The highest BCUT2D eigenvalue weighted by Gasteiger charge is 2.32. The van der Waals surface area contributed by atoms with Crippen molar-refractivity contribution in [1.29, 1.82) is 0 Å². The van der Waals surface area contributed by atoms with Gasteiger partial charge in [-0.15, -0.1) is 0 Å². The Kier molecular flexibility index (Phi) is 6.09. The molecule has 1 fully saturated rings. The third-order valence-corrected chi connectivity index (χ3v) is 5.77. The van der Waals surface area contributed by atoms with E-state index in [1.807, 2.05) is 63.5 Å². The molecule has 33 heavy (non-hydrogen) atoms. The maximum atomic E-state index is 12.6. The lowest BCUT2D eigenvalue weighted by Gasteiger charge is -2.40. The molecule has 1 saturated heterocycles. The van der Waals surface area contributed by atoms with Gasteiger partial charge < -0.3 is 19.4 Å². The summed E-state index contributed by atoms with van der Waals surface area (Å²) in [5.74, 6) is 1.52. The fourth-order valence-corrected chi connectivity index (χ4v) is 4.20. The van der Waals surface area contributed by atoms with Crippen molar-refractivity contribution in [3.63, 3.8) is 0 Å². The van der Waals surface area contributed by atoms with E-state index in [9.17, 15) is 4.79 Å². The lowest BCUT2D eigenvalue weighted by Crippen LogP contribution is -2.55. The van der Waals surface area contributed by atoms with Crippen LogP contribution in [0.3, 0.4) is 0 Å². The van der Waals surface area contributed by atoms with E-state index in [4.69, 9.17) is 16.3 Å². The first-order valence-corrected chi connectivity index (χ1v) is 11.3. The van der Waals surface area contributed by atoms with Crippen molar-refractivity contribution in [1.82, 2.24) is 24.4 Å². The average molecular weight is 472 g/mol. The zero-order chi connectivity index (χ0) is 23.9. The highest BCUT2D eigenvalue weighted by molar-refractivity contribution is 6.30. The number of aromatic nitrogens is 4. The average Bonchev–Trinajstić information content (AvgIpc) is 3.12. The Morgan fingerprint density at radius 1 is 1.21 bits per heavy atom. The van der Waals surface area contributed by atoms with Crippen LogP contribution >= 0.6 is 11.6 Å². The zero-order valence-electron chi connectivity index (χ0n) is 19.9. The molecule has 0 radical (unpaired) electrons. The number of nitrogens with zero attached hydrogens (tertiary/aromatic N) is 7. The van der Waals surface area contributed by atoms with Crippen LogP contribution in [0, 0.1) is 0 Å². The van der Waals surface area contributed by atoms with Crippen LogP contribution in [0.2, 0.25) is 5.02 Å². The first-order valence-electron chi connectivity index (χ1n) is 10.9. The molecule has 0 saturated carbocycles. The van der Waals surface area contributed by atoms with Gasteiger partial charge in [0.25, 0.3) is 0 Å². The number of ether oxygens (including phenoxy) is 1. The summed E-state index contributed by atoms with van der Waals surface area (Å²) < 4.78 is 7.52. The van der Waals surface area contributed by atoms with Gasteiger partial charge in [-0.05, 0) is 33.8 Å². The molecule has 1 unspecified atom stereocenters. The summed E-state index contributed by atoms with van der Waals surface area (Å²) in [5, 5.41) is 1.54. The van der Waals surface area contributed by atoms with Gasteiger partial charge in [0.15, 0.2) is 5.65 Å². The van der Waals surface area contributed by atoms with Gasteiger partial charge in [0.1, 0.15) is 23.6 Å². The Morgan fingerprint density at radius 3 is 2.61 bits per heavy atom. The van der Waals surface area contributed by atoms with Crippen LogP contribution in [0.25, 0.3) is 16.9 Å². The van der Waals surface area contributed by atoms with Gasteiger partial charge >= 0.3 is 6.09 Å². The molecule has 4 heterocycles. The number of piperazine rings is 1. The van der Waals surface area contributed by atoms with Crippen molar-refractivity contribution in [3.05, 3.63) is 35.9 Å². The summed E-state index contributed by atoms with van der Waals surface area (Å²) in [5.41, 5.74) is 1.20. The van der Waals surface area contributed by atoms with Gasteiger partial charge in [-0.1, -0.05) is 11.6 Å². The highest BCUT2D eigenvalue weighted by Crippen LogP contribution is 2.36. The van der Waals surface area contributed by atoms with Gasteiger partial charge in [-0.2, -0.15) is 0 Å². The SMILES string of the molecule is CC1CN(c2ncnc3c2c(N(C)C)cn3-c2cc(Cl)ccn2)CCN1C(=O)OC(C)(C)C. The molecule has 176 valence electrons. The van der Waals surface area contributed by atoms with E-state index in [2.05, 4.69) is 19.9 Å². The summed E-state index contributed by atoms with van der Waals surface area (Å²) in [4.78, 5) is 32.4. The van der Waals surface area contributed by atoms with E-state index in [1.54, 1.807) is 23.5 Å². The third-order valence-electron chi connectivity index (χ3n) is 5.53. The minimum absolute atomic E-state index is 0.0295. The van der Waals surface area contributed by atoms with Crippen molar-refractivity contribution >= 4 is 40.2 Å². The molecule has 1 atom stereocenters. The number of carbonyl (C=O) groups is 1. The molecule has 3 aromatic rings. The molecule has 9 nitrogen and oxygen atoms in total. The zero-order valence-corrected chi connectivity index (χ0v) is 20.7. The molecule has 10 heteroatoms. The molecule has 1 amide bonds. The molecular formula is C23H30ClN7O2. The minimum Gasteiger partial charge on any atom is -0.444 e. The maximum Gasteiger partial charge on any atom is 0.410 e. The Hall–Kier alpha value is -3.07. The molecule has 3 aromatic heterocycles. The van der Waals surface area contributed by atoms with E-state index in [1.165, 1.54) is 0 Å². The Labute approximate surface area is 198 Å². The first-order chi connectivity index (χ1) is 15.5. The third kappa shape index (κ3) is 4.68. The first kappa shape index (κ1) is 23.1. The quantitative estimate of drug-likeness (QED) is 0.571. The van der Waals surface area contributed by atoms with Crippen molar-refractivity contribution in [2.45, 2.75) is 39.3 Å². The van der Waals surface area contributed by atoms with E-state index < -0.39 is 5.60 Å². The van der Waals surface area contributed by atoms with Crippen LogP contribution < -0.4 is 9.80 Å². The van der Waals surface area contributed by atoms with Gasteiger partial charge in [0.2, 0.25) is 0 Å². The topological polar surface area (TPSA) is 79.6 Å². The van der Waals surface area contributed by atoms with Gasteiger partial charge in [0.05, 0.1) is 11.1 Å². The number of carbonyl (C=O) groups excluding carboxylic acids is 1. The standard InChI is InChI=1S/C23H30ClN7O2/c1-15-12-29(9-10-30(15)22(32)33-23(2,3)4)20-19-17(28(5)6)13-31(21(19)27-14-26-20)18-11-16(24)7-8-25-18/h7-8,11,13-15H,9-10,12H2,1-6H3. The van der Waals surface area contributed by atoms with Gasteiger partial charge in [-0.25, -0.2) is 19.7 Å². The molecule has 0 aliphatic carbocycles. The second-order valence-electron chi connectivity index (χ2n) is 9.48. The van der Waals surface area contributed by atoms with Crippen LogP contribution in [-0.2, 0) is 4.74 Å². The van der Waals surface area contributed by atoms with Gasteiger partial charge in [0, 0.05) is 63.3 Å². The highest BCUT2D eigenvalue weighted by atomic mass is 35.5. The lowest BCUT2D eigenvalue weighted by atomic mass is 10.1. The molecular weight excluding hydrogens is 442 g/mol. The molecule has 1 aliphatic rings. The van der Waals surface area contributed by atoms with Gasteiger partial charge in [-0.3, -0.25) is 4.57 Å². The number of amides is 1. The van der Waals surface area contributed by atoms with E-state index >= 15 is 0 Å². The van der Waals surface area contributed by atoms with Crippen molar-refractivity contribution < 1.29 is 9.53 Å². The predicted molar refractivity (Wildman–Crippen MR) is 131 cm³/mol. The lowest BCUT2D eigenvalue weighted by molar-refractivity contribution is 0.0159. The summed E-state index contributed by atoms with van der Waals surface area (Å²) in [7, 11) is 3.98. The number of hydrogen-bond donors (Lipinski definition) is 0. The number of halogens is 1.